The summed E-state index contributed by atoms with van der Waals surface area (Å²) in [4.78, 5) is 15.5. The van der Waals surface area contributed by atoms with Gasteiger partial charge in [0.25, 0.3) is 5.91 Å². The molecule has 0 radical (unpaired) electrons. The van der Waals surface area contributed by atoms with Crippen molar-refractivity contribution in [2.24, 2.45) is 0 Å². The van der Waals surface area contributed by atoms with Crippen LogP contribution in [0.2, 0.25) is 0 Å². The second kappa shape index (κ2) is 6.19. The van der Waals surface area contributed by atoms with Gasteiger partial charge in [0, 0.05) is 26.0 Å². The van der Waals surface area contributed by atoms with Gasteiger partial charge < -0.3 is 15.2 Å². The van der Waals surface area contributed by atoms with Crippen molar-refractivity contribution in [3.8, 4) is 0 Å². The van der Waals surface area contributed by atoms with Gasteiger partial charge >= 0.3 is 0 Å². The zero-order valence-corrected chi connectivity index (χ0v) is 9.43. The summed E-state index contributed by atoms with van der Waals surface area (Å²) in [6, 6.07) is 1.74. The number of nitrogens with one attached hydrogen (secondary N) is 1. The lowest BCUT2D eigenvalue weighted by Crippen LogP contribution is -2.34. The monoisotopic (exact) mass is 224 g/mol. The molecule has 1 unspecified atom stereocenters. The number of aromatic nitrogens is 1. The van der Waals surface area contributed by atoms with Crippen LogP contribution in [0.3, 0.4) is 0 Å². The van der Waals surface area contributed by atoms with Gasteiger partial charge in [-0.3, -0.25) is 9.78 Å². The maximum atomic E-state index is 11.6. The molecule has 0 spiro atoms. The number of ether oxygens (including phenoxy) is 1. The first-order chi connectivity index (χ1) is 7.63. The van der Waals surface area contributed by atoms with E-state index in [2.05, 4.69) is 10.3 Å². The molecule has 1 amide bonds. The molecule has 0 aromatic carbocycles. The lowest BCUT2D eigenvalue weighted by Gasteiger charge is -2.10. The lowest BCUT2D eigenvalue weighted by atomic mass is 10.2. The Morgan fingerprint density at radius 2 is 2.38 bits per heavy atom. The molecule has 0 aliphatic heterocycles. The molecule has 5 nitrogen and oxygen atoms in total. The first kappa shape index (κ1) is 12.6. The molecule has 0 fully saturated rings. The van der Waals surface area contributed by atoms with Crippen molar-refractivity contribution in [3.05, 3.63) is 29.6 Å². The van der Waals surface area contributed by atoms with Gasteiger partial charge in [0.05, 0.1) is 18.3 Å². The van der Waals surface area contributed by atoms with E-state index in [1.807, 2.05) is 6.92 Å². The minimum absolute atomic E-state index is 0.167. The summed E-state index contributed by atoms with van der Waals surface area (Å²) in [5.74, 6) is -0.244. The molecule has 5 heteroatoms. The first-order valence-electron chi connectivity index (χ1n) is 5.00. The molecule has 0 aliphatic rings. The second-order valence-corrected chi connectivity index (χ2v) is 3.57. The second-order valence-electron chi connectivity index (χ2n) is 3.57. The number of hydrogen-bond donors (Lipinski definition) is 2. The third-order valence-corrected chi connectivity index (χ3v) is 1.99. The van der Waals surface area contributed by atoms with Crippen LogP contribution in [0.15, 0.2) is 18.5 Å². The van der Waals surface area contributed by atoms with Crippen LogP contribution in [0.4, 0.5) is 0 Å². The highest BCUT2D eigenvalue weighted by atomic mass is 16.5. The van der Waals surface area contributed by atoms with E-state index in [1.54, 1.807) is 12.3 Å². The molecular weight excluding hydrogens is 208 g/mol. The third-order valence-electron chi connectivity index (χ3n) is 1.99. The number of amides is 1. The summed E-state index contributed by atoms with van der Waals surface area (Å²) < 4.78 is 4.75. The predicted molar refractivity (Wildman–Crippen MR) is 59.2 cm³/mol. The SMILES string of the molecule is COCC(O)CNC(=O)c1cncc(C)c1. The maximum absolute atomic E-state index is 11.6. The largest absolute Gasteiger partial charge is 0.389 e. The van der Waals surface area contributed by atoms with Crippen LogP contribution in [0.25, 0.3) is 0 Å². The smallest absolute Gasteiger partial charge is 0.252 e. The van der Waals surface area contributed by atoms with Crippen molar-refractivity contribution in [1.29, 1.82) is 0 Å². The Balaban J connectivity index is 2.47. The van der Waals surface area contributed by atoms with Gasteiger partial charge in [-0.1, -0.05) is 0 Å². The van der Waals surface area contributed by atoms with E-state index in [0.29, 0.717) is 5.56 Å². The van der Waals surface area contributed by atoms with Gasteiger partial charge in [0.1, 0.15) is 0 Å². The fourth-order valence-corrected chi connectivity index (χ4v) is 1.24. The summed E-state index contributed by atoms with van der Waals surface area (Å²) in [6.45, 7) is 2.23. The molecule has 1 rings (SSSR count). The molecular formula is C11H16N2O3. The van der Waals surface area contributed by atoms with Crippen LogP contribution in [0, 0.1) is 6.92 Å². The van der Waals surface area contributed by atoms with Crippen LogP contribution < -0.4 is 5.32 Å². The van der Waals surface area contributed by atoms with Gasteiger partial charge in [-0.25, -0.2) is 0 Å². The quantitative estimate of drug-likeness (QED) is 0.745. The Morgan fingerprint density at radius 3 is 3.00 bits per heavy atom. The highest BCUT2D eigenvalue weighted by Crippen LogP contribution is 2.00. The predicted octanol–water partition coefficient (Wildman–Crippen LogP) is 0.127. The van der Waals surface area contributed by atoms with Crippen LogP contribution in [-0.2, 0) is 4.74 Å². The van der Waals surface area contributed by atoms with Crippen LogP contribution in [0.1, 0.15) is 15.9 Å². The summed E-state index contributed by atoms with van der Waals surface area (Å²) in [5.41, 5.74) is 1.41. The number of rotatable bonds is 5. The minimum Gasteiger partial charge on any atom is -0.389 e. The van der Waals surface area contributed by atoms with Crippen LogP contribution in [-0.4, -0.2) is 42.4 Å². The summed E-state index contributed by atoms with van der Waals surface area (Å²) >= 11 is 0. The number of carbonyl (C=O) groups excluding carboxylic acids is 1. The fraction of sp³-hybridized carbons (Fsp3) is 0.455. The van der Waals surface area contributed by atoms with E-state index in [9.17, 15) is 9.90 Å². The fourth-order valence-electron chi connectivity index (χ4n) is 1.24. The van der Waals surface area contributed by atoms with Gasteiger partial charge in [-0.15, -0.1) is 0 Å². The maximum Gasteiger partial charge on any atom is 0.252 e. The van der Waals surface area contributed by atoms with Gasteiger partial charge in [0.2, 0.25) is 0 Å². The zero-order chi connectivity index (χ0) is 12.0. The number of methoxy groups -OCH3 is 1. The summed E-state index contributed by atoms with van der Waals surface area (Å²) in [5, 5.41) is 11.9. The molecule has 1 heterocycles. The standard InChI is InChI=1S/C11H16N2O3/c1-8-3-9(5-12-4-8)11(15)13-6-10(14)7-16-2/h3-5,10,14H,6-7H2,1-2H3,(H,13,15). The van der Waals surface area contributed by atoms with Crippen molar-refractivity contribution in [2.45, 2.75) is 13.0 Å². The van der Waals surface area contributed by atoms with Crippen molar-refractivity contribution >= 4 is 5.91 Å². The number of pyridine rings is 1. The summed E-state index contributed by atoms with van der Waals surface area (Å²) in [7, 11) is 1.50. The highest BCUT2D eigenvalue weighted by Gasteiger charge is 2.08. The Hall–Kier alpha value is -1.46. The number of aliphatic hydroxyl groups is 1. The number of nitrogens with zero attached hydrogens (tertiary/aromatic N) is 1. The molecule has 88 valence electrons. The minimum atomic E-state index is -0.688. The molecule has 2 N–H and O–H groups in total. The highest BCUT2D eigenvalue weighted by molar-refractivity contribution is 5.93. The van der Waals surface area contributed by atoms with E-state index in [4.69, 9.17) is 4.74 Å². The van der Waals surface area contributed by atoms with Gasteiger partial charge in [0.15, 0.2) is 0 Å². The van der Waals surface area contributed by atoms with Gasteiger partial charge in [-0.2, -0.15) is 0 Å². The zero-order valence-electron chi connectivity index (χ0n) is 9.43. The van der Waals surface area contributed by atoms with E-state index in [1.165, 1.54) is 13.3 Å². The molecule has 16 heavy (non-hydrogen) atoms. The summed E-state index contributed by atoms with van der Waals surface area (Å²) in [6.07, 6.45) is 2.48. The molecule has 1 aromatic heterocycles. The lowest BCUT2D eigenvalue weighted by molar-refractivity contribution is 0.0609. The number of carbonyl (C=O) groups is 1. The molecule has 0 bridgehead atoms. The van der Waals surface area contributed by atoms with Crippen LogP contribution in [0.5, 0.6) is 0 Å². The normalized spacial score (nSPS) is 12.2. The first-order valence-corrected chi connectivity index (χ1v) is 5.00. The van der Waals surface area contributed by atoms with Crippen LogP contribution >= 0.6 is 0 Å². The van der Waals surface area contributed by atoms with E-state index >= 15 is 0 Å². The Morgan fingerprint density at radius 1 is 1.62 bits per heavy atom. The van der Waals surface area contributed by atoms with E-state index in [0.717, 1.165) is 5.56 Å². The van der Waals surface area contributed by atoms with Crippen molar-refractivity contribution in [1.82, 2.24) is 10.3 Å². The average Bonchev–Trinajstić information content (AvgIpc) is 2.26. The van der Waals surface area contributed by atoms with Gasteiger partial charge in [-0.05, 0) is 18.6 Å². The number of aliphatic hydroxyl groups excluding tert-OH is 1. The Kier molecular flexibility index (Phi) is 4.88. The number of hydrogen-bond acceptors (Lipinski definition) is 4. The van der Waals surface area contributed by atoms with Crippen molar-refractivity contribution in [3.63, 3.8) is 0 Å². The molecule has 0 saturated carbocycles. The van der Waals surface area contributed by atoms with E-state index in [-0.39, 0.29) is 19.1 Å². The Labute approximate surface area is 94.5 Å². The molecule has 0 aliphatic carbocycles. The molecule has 1 atom stereocenters. The van der Waals surface area contributed by atoms with Crippen molar-refractivity contribution in [2.75, 3.05) is 20.3 Å². The van der Waals surface area contributed by atoms with E-state index < -0.39 is 6.10 Å². The Bertz CT molecular complexity index is 355. The molecule has 1 aromatic rings. The third kappa shape index (κ3) is 3.96. The topological polar surface area (TPSA) is 71.5 Å². The molecule has 0 saturated heterocycles. The average molecular weight is 224 g/mol. The number of aryl methyl sites for hydroxylation is 1. The van der Waals surface area contributed by atoms with Crippen molar-refractivity contribution < 1.29 is 14.6 Å².